The number of nitrogens with zero attached hydrogens (tertiary/aromatic N) is 1. The number of aromatic amines is 1. The topological polar surface area (TPSA) is 113 Å². The van der Waals surface area contributed by atoms with Crippen molar-refractivity contribution in [2.75, 3.05) is 5.32 Å². The number of carbonyl (C=O) groups excluding carboxylic acids is 2. The summed E-state index contributed by atoms with van der Waals surface area (Å²) in [5.74, 6) is 0.127. The molecule has 0 aliphatic rings. The summed E-state index contributed by atoms with van der Waals surface area (Å²) in [7, 11) is 0. The second-order valence-electron chi connectivity index (χ2n) is 4.89. The Morgan fingerprint density at radius 1 is 1.45 bits per heavy atom. The molecule has 0 aliphatic carbocycles. The molecule has 7 heteroatoms. The molecule has 3 amide bonds. The summed E-state index contributed by atoms with van der Waals surface area (Å²) in [5, 5.41) is 12.0. The number of carbonyl (C=O) groups is 2. The van der Waals surface area contributed by atoms with Gasteiger partial charge >= 0.3 is 6.03 Å². The highest BCUT2D eigenvalue weighted by Gasteiger charge is 2.25. The lowest BCUT2D eigenvalue weighted by Gasteiger charge is -2.21. The van der Waals surface area contributed by atoms with E-state index in [9.17, 15) is 9.59 Å². The Balaban J connectivity index is 2.71. The second kappa shape index (κ2) is 7.52. The van der Waals surface area contributed by atoms with Crippen molar-refractivity contribution in [3.05, 3.63) is 11.8 Å². The number of urea groups is 1. The van der Waals surface area contributed by atoms with Gasteiger partial charge in [-0.1, -0.05) is 33.6 Å². The van der Waals surface area contributed by atoms with E-state index in [4.69, 9.17) is 5.73 Å². The molecule has 2 atom stereocenters. The van der Waals surface area contributed by atoms with Gasteiger partial charge in [-0.3, -0.25) is 9.89 Å². The summed E-state index contributed by atoms with van der Waals surface area (Å²) in [4.78, 5) is 23.2. The second-order valence-corrected chi connectivity index (χ2v) is 4.89. The van der Waals surface area contributed by atoms with Crippen molar-refractivity contribution in [3.63, 3.8) is 0 Å². The van der Waals surface area contributed by atoms with Crippen molar-refractivity contribution < 1.29 is 9.59 Å². The highest BCUT2D eigenvalue weighted by atomic mass is 16.2. The molecule has 2 unspecified atom stereocenters. The van der Waals surface area contributed by atoms with E-state index < -0.39 is 12.1 Å². The predicted molar refractivity (Wildman–Crippen MR) is 77.2 cm³/mol. The molecule has 0 fully saturated rings. The zero-order chi connectivity index (χ0) is 15.1. The highest BCUT2D eigenvalue weighted by Crippen LogP contribution is 2.12. The summed E-state index contributed by atoms with van der Waals surface area (Å²) < 4.78 is 0. The molecule has 1 rings (SSSR count). The predicted octanol–water partition coefficient (Wildman–Crippen LogP) is 1.38. The zero-order valence-corrected chi connectivity index (χ0v) is 12.2. The summed E-state index contributed by atoms with van der Waals surface area (Å²) in [6.07, 6.45) is 2.62. The van der Waals surface area contributed by atoms with Gasteiger partial charge in [0, 0.05) is 11.8 Å². The van der Waals surface area contributed by atoms with Crippen LogP contribution in [-0.2, 0) is 11.2 Å². The Morgan fingerprint density at radius 2 is 2.15 bits per heavy atom. The molecule has 7 nitrogen and oxygen atoms in total. The molecule has 1 aromatic heterocycles. The largest absolute Gasteiger partial charge is 0.352 e. The van der Waals surface area contributed by atoms with E-state index in [1.54, 1.807) is 6.07 Å². The average molecular weight is 281 g/mol. The number of nitrogens with two attached hydrogens (primary N) is 1. The van der Waals surface area contributed by atoms with Crippen LogP contribution < -0.4 is 16.4 Å². The number of primary amides is 1. The summed E-state index contributed by atoms with van der Waals surface area (Å²) in [6.45, 7) is 5.89. The van der Waals surface area contributed by atoms with Crippen LogP contribution in [0.3, 0.4) is 0 Å². The van der Waals surface area contributed by atoms with E-state index in [0.29, 0.717) is 5.82 Å². The molecule has 0 aromatic carbocycles. The molecule has 0 saturated heterocycles. The lowest BCUT2D eigenvalue weighted by molar-refractivity contribution is -0.119. The fourth-order valence-electron chi connectivity index (χ4n) is 1.88. The third-order valence-electron chi connectivity index (χ3n) is 3.19. The van der Waals surface area contributed by atoms with Gasteiger partial charge in [0.05, 0.1) is 0 Å². The number of aryl methyl sites for hydroxylation is 1. The molecular weight excluding hydrogens is 258 g/mol. The minimum Gasteiger partial charge on any atom is -0.352 e. The van der Waals surface area contributed by atoms with Gasteiger partial charge in [0.25, 0.3) is 0 Å². The summed E-state index contributed by atoms with van der Waals surface area (Å²) in [5.41, 5.74) is 6.07. The van der Waals surface area contributed by atoms with Crippen molar-refractivity contribution in [2.45, 2.75) is 46.1 Å². The van der Waals surface area contributed by atoms with Crippen LogP contribution in [0.5, 0.6) is 0 Å². The average Bonchev–Trinajstić information content (AvgIpc) is 2.82. The van der Waals surface area contributed by atoms with Crippen molar-refractivity contribution in [3.8, 4) is 0 Å². The molecule has 0 aliphatic heterocycles. The van der Waals surface area contributed by atoms with Gasteiger partial charge in [-0.15, -0.1) is 0 Å². The number of nitrogens with one attached hydrogen (secondary N) is 3. The number of hydrogen-bond acceptors (Lipinski definition) is 3. The van der Waals surface area contributed by atoms with Crippen LogP contribution in [0.2, 0.25) is 0 Å². The van der Waals surface area contributed by atoms with E-state index in [1.165, 1.54) is 0 Å². The van der Waals surface area contributed by atoms with Crippen LogP contribution >= 0.6 is 0 Å². The number of rotatable bonds is 7. The monoisotopic (exact) mass is 281 g/mol. The molecular formula is C13H23N5O2. The SMILES string of the molecule is CCCc1cc(NC(=O)C(NC(N)=O)C(C)CC)n[nH]1. The molecule has 112 valence electrons. The van der Waals surface area contributed by atoms with Crippen LogP contribution in [0.15, 0.2) is 6.07 Å². The molecule has 0 radical (unpaired) electrons. The fourth-order valence-corrected chi connectivity index (χ4v) is 1.88. The van der Waals surface area contributed by atoms with Crippen molar-refractivity contribution >= 4 is 17.8 Å². The first-order chi connectivity index (χ1) is 9.47. The number of hydrogen-bond donors (Lipinski definition) is 4. The number of anilines is 1. The van der Waals surface area contributed by atoms with E-state index >= 15 is 0 Å². The molecule has 0 bridgehead atoms. The molecule has 1 aromatic rings. The molecule has 20 heavy (non-hydrogen) atoms. The third-order valence-corrected chi connectivity index (χ3v) is 3.19. The third kappa shape index (κ3) is 4.56. The van der Waals surface area contributed by atoms with Crippen molar-refractivity contribution in [1.82, 2.24) is 15.5 Å². The standard InChI is InChI=1S/C13H23N5O2/c1-4-6-9-7-10(18-17-9)15-12(19)11(8(3)5-2)16-13(14)20/h7-8,11H,4-6H2,1-3H3,(H3,14,16,20)(H2,15,17,18,19). The van der Waals surface area contributed by atoms with Gasteiger partial charge in [-0.25, -0.2) is 4.79 Å². The normalized spacial score (nSPS) is 13.6. The minimum atomic E-state index is -0.709. The van der Waals surface area contributed by atoms with Gasteiger partial charge in [0.1, 0.15) is 6.04 Å². The first-order valence-electron chi connectivity index (χ1n) is 6.89. The summed E-state index contributed by atoms with van der Waals surface area (Å²) in [6, 6.07) is 0.419. The van der Waals surface area contributed by atoms with Crippen molar-refractivity contribution in [1.29, 1.82) is 0 Å². The minimum absolute atomic E-state index is 0.0171. The van der Waals surface area contributed by atoms with Crippen LogP contribution in [0.4, 0.5) is 10.6 Å². The van der Waals surface area contributed by atoms with Gasteiger partial charge < -0.3 is 16.4 Å². The van der Waals surface area contributed by atoms with Gasteiger partial charge in [-0.2, -0.15) is 5.10 Å². The van der Waals surface area contributed by atoms with Gasteiger partial charge in [0.2, 0.25) is 5.91 Å². The first-order valence-corrected chi connectivity index (χ1v) is 6.89. The van der Waals surface area contributed by atoms with Gasteiger partial charge in [-0.05, 0) is 12.3 Å². The maximum absolute atomic E-state index is 12.2. The Labute approximate surface area is 118 Å². The summed E-state index contributed by atoms with van der Waals surface area (Å²) >= 11 is 0. The first kappa shape index (κ1) is 16.0. The van der Waals surface area contributed by atoms with E-state index in [0.717, 1.165) is 25.0 Å². The van der Waals surface area contributed by atoms with E-state index in [2.05, 4.69) is 27.8 Å². The Hall–Kier alpha value is -2.05. The van der Waals surface area contributed by atoms with E-state index in [1.807, 2.05) is 13.8 Å². The Morgan fingerprint density at radius 3 is 2.70 bits per heavy atom. The number of H-pyrrole nitrogens is 1. The maximum atomic E-state index is 12.2. The lowest BCUT2D eigenvalue weighted by atomic mass is 9.98. The van der Waals surface area contributed by atoms with Crippen molar-refractivity contribution in [2.24, 2.45) is 11.7 Å². The zero-order valence-electron chi connectivity index (χ0n) is 12.2. The quantitative estimate of drug-likeness (QED) is 0.605. The molecule has 1 heterocycles. The van der Waals surface area contributed by atoms with E-state index in [-0.39, 0.29) is 11.8 Å². The van der Waals surface area contributed by atoms with Crippen LogP contribution in [0, 0.1) is 5.92 Å². The van der Waals surface area contributed by atoms with Crippen LogP contribution in [-0.4, -0.2) is 28.2 Å². The lowest BCUT2D eigenvalue weighted by Crippen LogP contribution is -2.49. The highest BCUT2D eigenvalue weighted by molar-refractivity contribution is 5.96. The molecule has 5 N–H and O–H groups in total. The fraction of sp³-hybridized carbons (Fsp3) is 0.615. The maximum Gasteiger partial charge on any atom is 0.312 e. The number of amides is 3. The number of aromatic nitrogens is 2. The Kier molecular flexibility index (Phi) is 6.02. The smallest absolute Gasteiger partial charge is 0.312 e. The van der Waals surface area contributed by atoms with Gasteiger partial charge in [0.15, 0.2) is 5.82 Å². The Bertz CT molecular complexity index is 457. The molecule has 0 spiro atoms. The molecule has 0 saturated carbocycles. The van der Waals surface area contributed by atoms with Crippen LogP contribution in [0.25, 0.3) is 0 Å². The van der Waals surface area contributed by atoms with Crippen LogP contribution in [0.1, 0.15) is 39.3 Å².